The molecular weight excluding hydrogens is 939 g/mol. The predicted octanol–water partition coefficient (Wildman–Crippen LogP) is 8.91. The van der Waals surface area contributed by atoms with Crippen LogP contribution in [0.2, 0.25) is 0 Å². The van der Waals surface area contributed by atoms with Crippen molar-refractivity contribution in [2.24, 2.45) is 0 Å². The van der Waals surface area contributed by atoms with Crippen LogP contribution in [-0.2, 0) is 29.1 Å². The molecule has 75 heavy (non-hydrogen) atoms. The van der Waals surface area contributed by atoms with E-state index in [1.807, 2.05) is 113 Å². The summed E-state index contributed by atoms with van der Waals surface area (Å²) in [5.74, 6) is 20.8. The number of aromatic nitrogens is 3. The van der Waals surface area contributed by atoms with Crippen LogP contribution in [0.1, 0.15) is 105 Å². The second-order valence-corrected chi connectivity index (χ2v) is 19.5. The average molecular weight is 1010 g/mol. The molecule has 1 fully saturated rings. The first-order chi connectivity index (χ1) is 36.1. The van der Waals surface area contributed by atoms with Crippen molar-refractivity contribution in [1.82, 2.24) is 35.0 Å². The van der Waals surface area contributed by atoms with Crippen LogP contribution in [0.15, 0.2) is 109 Å². The van der Waals surface area contributed by atoms with E-state index in [9.17, 15) is 9.59 Å². The Kier molecular flexibility index (Phi) is 19.6. The third-order valence-electron chi connectivity index (χ3n) is 11.9. The van der Waals surface area contributed by atoms with Crippen LogP contribution in [0.5, 0.6) is 11.5 Å². The first-order valence-electron chi connectivity index (χ1n) is 25.3. The highest BCUT2D eigenvalue weighted by Gasteiger charge is 2.21. The van der Waals surface area contributed by atoms with Crippen LogP contribution in [0.3, 0.4) is 0 Å². The lowest BCUT2D eigenvalue weighted by Crippen LogP contribution is -2.36. The summed E-state index contributed by atoms with van der Waals surface area (Å²) in [7, 11) is 2.99. The Morgan fingerprint density at radius 3 is 1.40 bits per heavy atom. The number of aryl methyl sites for hydroxylation is 3. The molecule has 13 nitrogen and oxygen atoms in total. The minimum atomic E-state index is -0.539. The van der Waals surface area contributed by atoms with Crippen molar-refractivity contribution in [3.63, 3.8) is 0 Å². The van der Waals surface area contributed by atoms with Gasteiger partial charge in [-0.15, -0.1) is 0 Å². The maximum Gasteiger partial charge on any atom is 0.407 e. The summed E-state index contributed by atoms with van der Waals surface area (Å²) in [4.78, 5) is 46.9. The zero-order valence-electron chi connectivity index (χ0n) is 44.5. The van der Waals surface area contributed by atoms with E-state index in [1.165, 1.54) is 12.7 Å². The summed E-state index contributed by atoms with van der Waals surface area (Å²) in [6, 6.07) is 35.4. The number of rotatable bonds is 13. The third kappa shape index (κ3) is 18.5. The molecule has 386 valence electrons. The summed E-state index contributed by atoms with van der Waals surface area (Å²) in [6.07, 6.45) is 0.208. The first-order valence-corrected chi connectivity index (χ1v) is 25.3. The molecule has 1 saturated heterocycles. The van der Waals surface area contributed by atoms with Crippen LogP contribution in [-0.4, -0.2) is 114 Å². The predicted molar refractivity (Wildman–Crippen MR) is 292 cm³/mol. The number of nitrogens with one attached hydrogen (secondary N) is 1. The van der Waals surface area contributed by atoms with Crippen molar-refractivity contribution in [3.05, 3.63) is 182 Å². The van der Waals surface area contributed by atoms with Crippen LogP contribution >= 0.6 is 0 Å². The molecule has 1 amide bonds. The largest absolute Gasteiger partial charge is 0.497 e. The van der Waals surface area contributed by atoms with Gasteiger partial charge >= 0.3 is 12.1 Å². The number of methoxy groups -OCH3 is 2. The molecule has 0 bridgehead atoms. The van der Waals surface area contributed by atoms with Gasteiger partial charge in [0.1, 0.15) is 22.8 Å². The maximum absolute atomic E-state index is 13.0. The normalized spacial score (nSPS) is 13.2. The fourth-order valence-electron chi connectivity index (χ4n) is 8.22. The van der Waals surface area contributed by atoms with E-state index in [0.717, 1.165) is 107 Å². The highest BCUT2D eigenvalue weighted by Crippen LogP contribution is 2.18. The smallest absolute Gasteiger partial charge is 0.407 e. The van der Waals surface area contributed by atoms with Crippen molar-refractivity contribution >= 4 is 12.1 Å². The second kappa shape index (κ2) is 26.8. The van der Waals surface area contributed by atoms with E-state index in [1.54, 1.807) is 13.2 Å². The van der Waals surface area contributed by atoms with Crippen molar-refractivity contribution in [2.45, 2.75) is 73.2 Å². The Balaban J connectivity index is 1.07. The van der Waals surface area contributed by atoms with Gasteiger partial charge in [-0.25, -0.2) is 14.6 Å². The number of amides is 1. The molecule has 3 aromatic carbocycles. The van der Waals surface area contributed by atoms with E-state index < -0.39 is 17.7 Å². The molecule has 0 unspecified atom stereocenters. The van der Waals surface area contributed by atoms with Crippen LogP contribution in [0.25, 0.3) is 0 Å². The molecule has 0 spiro atoms. The minimum Gasteiger partial charge on any atom is -0.497 e. The minimum absolute atomic E-state index is 0.210. The van der Waals surface area contributed by atoms with Gasteiger partial charge < -0.3 is 24.3 Å². The number of pyridine rings is 3. The van der Waals surface area contributed by atoms with E-state index >= 15 is 0 Å². The van der Waals surface area contributed by atoms with Gasteiger partial charge in [-0.1, -0.05) is 53.2 Å². The summed E-state index contributed by atoms with van der Waals surface area (Å²) in [6.45, 7) is 18.9. The lowest BCUT2D eigenvalue weighted by Gasteiger charge is -2.25. The lowest BCUT2D eigenvalue weighted by atomic mass is 10.1. The van der Waals surface area contributed by atoms with Gasteiger partial charge in [-0.2, -0.15) is 0 Å². The number of hydrogen-bond acceptors (Lipinski definition) is 12. The fraction of sp³-hybridized carbons (Fsp3) is 0.339. The Morgan fingerprint density at radius 2 is 0.960 bits per heavy atom. The molecule has 1 N–H and O–H groups in total. The van der Waals surface area contributed by atoms with Crippen molar-refractivity contribution in [3.8, 4) is 47.0 Å². The van der Waals surface area contributed by atoms with Gasteiger partial charge in [0.25, 0.3) is 0 Å². The first kappa shape index (κ1) is 54.8. The number of ether oxygens (including phenoxy) is 4. The molecule has 1 aliphatic rings. The quantitative estimate of drug-likeness (QED) is 0.0674. The highest BCUT2D eigenvalue weighted by atomic mass is 16.6. The van der Waals surface area contributed by atoms with Gasteiger partial charge in [-0.3, -0.25) is 24.7 Å². The zero-order valence-corrected chi connectivity index (χ0v) is 44.5. The Hall–Kier alpha value is -7.99. The van der Waals surface area contributed by atoms with E-state index in [4.69, 9.17) is 33.9 Å². The molecule has 13 heteroatoms. The number of hydrogen-bond donors (Lipinski definition) is 1. The zero-order chi connectivity index (χ0) is 53.2. The number of carbonyl (C=O) groups is 2. The summed E-state index contributed by atoms with van der Waals surface area (Å²) in [5, 5.41) is 2.76. The number of nitrogens with zero attached hydrogens (tertiary/aromatic N) is 6. The van der Waals surface area contributed by atoms with Crippen LogP contribution in [0, 0.1) is 56.3 Å². The fourth-order valence-corrected chi connectivity index (χ4v) is 8.22. The SMILES string of the molecule is COC(=O)c1cc(C#Cc2ccc(OC)cc2)cc(CN2CCN(Cc3cc(C#Cc4ccc(C)cc4)cc(C)n3)CCN(Cc3cc(C#Cc4ccc(OCCCNC(=O)OC(C)(C)C)cc4)cc(C)n3)CC2)n1. The van der Waals surface area contributed by atoms with Gasteiger partial charge in [0, 0.05) is 110 Å². The van der Waals surface area contributed by atoms with Gasteiger partial charge in [-0.05, 0) is 145 Å². The Morgan fingerprint density at radius 1 is 0.547 bits per heavy atom. The molecule has 7 rings (SSSR count). The Labute approximate surface area is 443 Å². The monoisotopic (exact) mass is 1010 g/mol. The van der Waals surface area contributed by atoms with Gasteiger partial charge in [0.15, 0.2) is 0 Å². The summed E-state index contributed by atoms with van der Waals surface area (Å²) >= 11 is 0. The summed E-state index contributed by atoms with van der Waals surface area (Å²) < 4.78 is 21.6. The van der Waals surface area contributed by atoms with Crippen LogP contribution in [0.4, 0.5) is 4.79 Å². The standard InChI is InChI=1S/C62H67N7O6/c1-45-10-12-48(13-11-45)14-17-51-36-46(2)64-54(38-51)42-67-29-30-68(32-34-69(33-31-67)44-56-40-53(41-59(66-56)60(70)73-8)19-16-49-20-24-57(72-7)25-21-49)43-55-39-52(37-47(3)65-55)18-15-50-22-26-58(27-23-50)74-35-9-28-63-61(71)75-62(4,5)6/h10-13,20-27,36-41H,9,28-35,42-44H2,1-8H3,(H,63,71). The van der Waals surface area contributed by atoms with Crippen molar-refractivity contribution in [1.29, 1.82) is 0 Å². The molecule has 0 saturated carbocycles. The molecule has 0 atom stereocenters. The Bertz CT molecular complexity index is 3100. The molecule has 1 aliphatic heterocycles. The average Bonchev–Trinajstić information content (AvgIpc) is 3.47. The molecule has 0 aliphatic carbocycles. The van der Waals surface area contributed by atoms with E-state index in [-0.39, 0.29) is 5.69 Å². The van der Waals surface area contributed by atoms with E-state index in [0.29, 0.717) is 44.8 Å². The third-order valence-corrected chi connectivity index (χ3v) is 11.9. The highest BCUT2D eigenvalue weighted by molar-refractivity contribution is 5.87. The molecule has 6 aromatic rings. The number of benzene rings is 3. The number of alkyl carbamates (subject to hydrolysis) is 1. The second-order valence-electron chi connectivity index (χ2n) is 19.5. The van der Waals surface area contributed by atoms with Crippen LogP contribution < -0.4 is 14.8 Å². The maximum atomic E-state index is 13.0. The van der Waals surface area contributed by atoms with E-state index in [2.05, 4.69) is 86.7 Å². The number of carbonyl (C=O) groups excluding carboxylic acids is 2. The van der Waals surface area contributed by atoms with Gasteiger partial charge in [0.05, 0.1) is 37.9 Å². The molecule has 3 aromatic heterocycles. The van der Waals surface area contributed by atoms with Crippen molar-refractivity contribution in [2.75, 3.05) is 66.6 Å². The molecule has 4 heterocycles. The summed E-state index contributed by atoms with van der Waals surface area (Å²) in [5.41, 5.74) is 10.5. The topological polar surface area (TPSA) is 131 Å². The number of esters is 1. The van der Waals surface area contributed by atoms with Crippen molar-refractivity contribution < 1.29 is 28.5 Å². The lowest BCUT2D eigenvalue weighted by molar-refractivity contribution is 0.0524. The molecular formula is C62H67N7O6. The van der Waals surface area contributed by atoms with Gasteiger partial charge in [0.2, 0.25) is 0 Å². The molecule has 0 radical (unpaired) electrons.